The highest BCUT2D eigenvalue weighted by Gasteiger charge is 2.46. The van der Waals surface area contributed by atoms with E-state index in [0.29, 0.717) is 50.4 Å². The lowest BCUT2D eigenvalue weighted by molar-refractivity contribution is -0.145. The van der Waals surface area contributed by atoms with Crippen molar-refractivity contribution in [1.29, 1.82) is 0 Å². The molecule has 1 aromatic heterocycles. The molecule has 3 aliphatic heterocycles. The van der Waals surface area contributed by atoms with E-state index in [-0.39, 0.29) is 43.2 Å². The van der Waals surface area contributed by atoms with Gasteiger partial charge in [0.25, 0.3) is 0 Å². The van der Waals surface area contributed by atoms with Gasteiger partial charge in [0.2, 0.25) is 17.7 Å². The second kappa shape index (κ2) is 14.0. The molecule has 5 rings (SSSR count). The predicted molar refractivity (Wildman–Crippen MR) is 166 cm³/mol. The first-order chi connectivity index (χ1) is 21.9. The van der Waals surface area contributed by atoms with Gasteiger partial charge in [0.1, 0.15) is 23.6 Å². The van der Waals surface area contributed by atoms with Crippen molar-refractivity contribution in [3.63, 3.8) is 0 Å². The van der Waals surface area contributed by atoms with Gasteiger partial charge in [-0.3, -0.25) is 19.3 Å². The number of ether oxygens (including phenoxy) is 1. The Kier molecular flexibility index (Phi) is 10.0. The van der Waals surface area contributed by atoms with Gasteiger partial charge in [0.15, 0.2) is 5.76 Å². The second-order valence-corrected chi connectivity index (χ2v) is 12.7. The van der Waals surface area contributed by atoms with E-state index in [4.69, 9.17) is 13.6 Å². The van der Waals surface area contributed by atoms with Gasteiger partial charge in [-0.25, -0.2) is 9.59 Å². The van der Waals surface area contributed by atoms with Crippen LogP contribution in [0.15, 0.2) is 37.9 Å². The minimum Gasteiger partial charge on any atom is -0.493 e. The summed E-state index contributed by atoms with van der Waals surface area (Å²) in [4.78, 5) is 71.1. The van der Waals surface area contributed by atoms with Crippen molar-refractivity contribution in [2.75, 3.05) is 26.7 Å². The fourth-order valence-corrected chi connectivity index (χ4v) is 6.40. The van der Waals surface area contributed by atoms with Crippen LogP contribution in [-0.2, 0) is 20.9 Å². The Labute approximate surface area is 267 Å². The zero-order valence-corrected chi connectivity index (χ0v) is 27.0. The van der Waals surface area contributed by atoms with E-state index in [1.807, 2.05) is 38.1 Å². The predicted octanol–water partition coefficient (Wildman–Crippen LogP) is 1.67. The molecule has 46 heavy (non-hydrogen) atoms. The molecule has 0 spiro atoms. The van der Waals surface area contributed by atoms with Gasteiger partial charge >= 0.3 is 11.9 Å². The molecule has 4 heterocycles. The first-order valence-corrected chi connectivity index (χ1v) is 15.9. The molecular formula is C32H44N6O8. The molecule has 5 amide bonds. The largest absolute Gasteiger partial charge is 0.519 e. The Morgan fingerprint density at radius 3 is 2.48 bits per heavy atom. The summed E-state index contributed by atoms with van der Waals surface area (Å²) in [6.45, 7) is 7.87. The lowest BCUT2D eigenvalue weighted by Gasteiger charge is -2.39. The Morgan fingerprint density at radius 1 is 1.00 bits per heavy atom. The van der Waals surface area contributed by atoms with E-state index in [0.717, 1.165) is 11.3 Å². The van der Waals surface area contributed by atoms with Crippen LogP contribution in [0.3, 0.4) is 0 Å². The lowest BCUT2D eigenvalue weighted by Crippen LogP contribution is -2.63. The SMILES string of the molecule is Cc1oc(=O)oc1CN(C)[C@@H](C)C(=O)N[C@H]1CN(C(=O)NC(C)C)CC[C@H]2CC[C@@H](C(=O)N[C@@H]3CCOc4ccccc43)N2C1=O. The molecule has 3 N–H and O–H groups in total. The van der Waals surface area contributed by atoms with Crippen LogP contribution in [-0.4, -0.2) is 95.4 Å². The van der Waals surface area contributed by atoms with E-state index < -0.39 is 35.8 Å². The van der Waals surface area contributed by atoms with E-state index in [2.05, 4.69) is 16.0 Å². The molecule has 14 nitrogen and oxygen atoms in total. The smallest absolute Gasteiger partial charge is 0.493 e. The van der Waals surface area contributed by atoms with Crippen molar-refractivity contribution in [2.45, 2.75) is 96.2 Å². The molecule has 0 aliphatic carbocycles. The molecule has 3 aliphatic rings. The van der Waals surface area contributed by atoms with Crippen LogP contribution in [0.25, 0.3) is 0 Å². The fraction of sp³-hybridized carbons (Fsp3) is 0.594. The Hall–Kier alpha value is -4.33. The fourth-order valence-electron chi connectivity index (χ4n) is 6.40. The molecule has 2 saturated heterocycles. The van der Waals surface area contributed by atoms with Gasteiger partial charge in [-0.15, -0.1) is 0 Å². The maximum Gasteiger partial charge on any atom is 0.519 e. The van der Waals surface area contributed by atoms with Crippen LogP contribution >= 0.6 is 0 Å². The van der Waals surface area contributed by atoms with E-state index >= 15 is 0 Å². The van der Waals surface area contributed by atoms with Gasteiger partial charge in [0, 0.05) is 30.6 Å². The van der Waals surface area contributed by atoms with Gasteiger partial charge in [-0.1, -0.05) is 18.2 Å². The number of para-hydroxylation sites is 1. The van der Waals surface area contributed by atoms with Crippen LogP contribution in [0.5, 0.6) is 5.75 Å². The summed E-state index contributed by atoms with van der Waals surface area (Å²) in [5.41, 5.74) is 0.899. The molecular weight excluding hydrogens is 596 g/mol. The maximum atomic E-state index is 14.3. The number of fused-ring (bicyclic) bond motifs is 2. The van der Waals surface area contributed by atoms with Crippen molar-refractivity contribution >= 4 is 23.8 Å². The first kappa shape index (κ1) is 33.0. The number of urea groups is 1. The summed E-state index contributed by atoms with van der Waals surface area (Å²) in [6, 6.07) is 4.10. The molecule has 5 atom stereocenters. The van der Waals surface area contributed by atoms with Gasteiger partial charge in [-0.05, 0) is 60.1 Å². The van der Waals surface area contributed by atoms with Gasteiger partial charge < -0.3 is 39.3 Å². The van der Waals surface area contributed by atoms with Crippen molar-refractivity contribution in [3.05, 3.63) is 52.0 Å². The molecule has 2 fully saturated rings. The average Bonchev–Trinajstić information content (AvgIpc) is 3.58. The highest BCUT2D eigenvalue weighted by atomic mass is 16.6. The zero-order chi connectivity index (χ0) is 33.1. The number of rotatable bonds is 8. The third-order valence-electron chi connectivity index (χ3n) is 9.05. The number of benzene rings is 1. The third-order valence-corrected chi connectivity index (χ3v) is 9.05. The summed E-state index contributed by atoms with van der Waals surface area (Å²) in [5.74, 6) is -0.578. The first-order valence-electron chi connectivity index (χ1n) is 15.9. The monoisotopic (exact) mass is 640 g/mol. The highest BCUT2D eigenvalue weighted by Crippen LogP contribution is 2.34. The van der Waals surface area contributed by atoms with Crippen LogP contribution < -0.4 is 26.5 Å². The van der Waals surface area contributed by atoms with Crippen molar-refractivity contribution in [3.8, 4) is 5.75 Å². The van der Waals surface area contributed by atoms with E-state index in [9.17, 15) is 24.0 Å². The van der Waals surface area contributed by atoms with Gasteiger partial charge in [0.05, 0.1) is 31.8 Å². The number of amides is 5. The Bertz CT molecular complexity index is 1500. The summed E-state index contributed by atoms with van der Waals surface area (Å²) >= 11 is 0. The normalized spacial score (nSPS) is 23.6. The number of carbonyl (C=O) groups excluding carboxylic acids is 4. The van der Waals surface area contributed by atoms with Crippen LogP contribution in [0.2, 0.25) is 0 Å². The molecule has 2 aromatic rings. The molecule has 1 aromatic carbocycles. The zero-order valence-electron chi connectivity index (χ0n) is 27.0. The van der Waals surface area contributed by atoms with E-state index in [1.54, 1.807) is 35.6 Å². The minimum absolute atomic E-state index is 0.0554. The standard InChI is InChI=1S/C32H44N6O8/c1-18(2)33-31(42)37-14-12-21-10-11-25(29(40)34-23-13-15-44-26-9-7-6-8-22(23)26)38(21)30(41)24(16-37)35-28(39)19(3)36(5)17-27-20(4)45-32(43)46-27/h6-9,18-19,21,23-25H,10-17H2,1-5H3,(H,33,42)(H,34,40)(H,35,39)/t19-,21+,23+,24-,25-/m0/s1. The third kappa shape index (κ3) is 7.22. The maximum absolute atomic E-state index is 14.3. The Morgan fingerprint density at radius 2 is 1.76 bits per heavy atom. The lowest BCUT2D eigenvalue weighted by atomic mass is 10.00. The van der Waals surface area contributed by atoms with Crippen molar-refractivity contribution < 1.29 is 32.7 Å². The number of aryl methyl sites for hydroxylation is 1. The molecule has 0 radical (unpaired) electrons. The summed E-state index contributed by atoms with van der Waals surface area (Å²) in [5, 5.41) is 8.91. The molecule has 0 bridgehead atoms. The quantitative estimate of drug-likeness (QED) is 0.389. The van der Waals surface area contributed by atoms with Crippen molar-refractivity contribution in [1.82, 2.24) is 30.7 Å². The van der Waals surface area contributed by atoms with E-state index in [1.165, 1.54) is 0 Å². The number of likely N-dealkylation sites (N-methyl/N-ethyl adjacent to an activating group) is 1. The summed E-state index contributed by atoms with van der Waals surface area (Å²) in [6.07, 6.45) is 2.19. The molecule has 14 heteroatoms. The Balaban J connectivity index is 1.34. The number of nitrogens with zero attached hydrogens (tertiary/aromatic N) is 3. The summed E-state index contributed by atoms with van der Waals surface area (Å²) < 4.78 is 15.8. The average molecular weight is 641 g/mol. The molecule has 250 valence electrons. The van der Waals surface area contributed by atoms with Gasteiger partial charge in [-0.2, -0.15) is 0 Å². The number of hydrogen-bond acceptors (Lipinski definition) is 9. The second-order valence-electron chi connectivity index (χ2n) is 12.7. The number of nitrogens with one attached hydrogen (secondary N) is 3. The highest BCUT2D eigenvalue weighted by molar-refractivity contribution is 5.94. The van der Waals surface area contributed by atoms with Crippen LogP contribution in [0, 0.1) is 6.92 Å². The van der Waals surface area contributed by atoms with Crippen LogP contribution in [0.1, 0.15) is 69.6 Å². The summed E-state index contributed by atoms with van der Waals surface area (Å²) in [7, 11) is 1.68. The molecule has 0 unspecified atom stereocenters. The van der Waals surface area contributed by atoms with Crippen LogP contribution in [0.4, 0.5) is 4.79 Å². The minimum atomic E-state index is -1.09. The number of hydrogen-bond donors (Lipinski definition) is 3. The number of carbonyl (C=O) groups is 4. The topological polar surface area (TPSA) is 167 Å². The molecule has 0 saturated carbocycles. The van der Waals surface area contributed by atoms with Crippen molar-refractivity contribution in [2.24, 2.45) is 0 Å².